The van der Waals surface area contributed by atoms with Gasteiger partial charge in [-0.25, -0.2) is 0 Å². The Morgan fingerprint density at radius 3 is 1.46 bits per heavy atom. The van der Waals surface area contributed by atoms with E-state index < -0.39 is 5.41 Å². The second kappa shape index (κ2) is 12.3. The molecule has 0 fully saturated rings. The van der Waals surface area contributed by atoms with Gasteiger partial charge in [0.25, 0.3) is 0 Å². The summed E-state index contributed by atoms with van der Waals surface area (Å²) in [7, 11) is 0. The molecule has 0 N–H and O–H groups in total. The van der Waals surface area contributed by atoms with Gasteiger partial charge in [0.05, 0.1) is 11.1 Å². The molecule has 3 aliphatic carbocycles. The van der Waals surface area contributed by atoms with Crippen LogP contribution in [0.1, 0.15) is 46.2 Å². The predicted molar refractivity (Wildman–Crippen MR) is 225 cm³/mol. The first-order chi connectivity index (χ1) is 26.8. The molecule has 8 aromatic rings. The summed E-state index contributed by atoms with van der Waals surface area (Å²) in [4.78, 5) is 2.51. The van der Waals surface area contributed by atoms with Crippen LogP contribution in [0.4, 0.5) is 17.1 Å². The topological polar surface area (TPSA) is 3.24 Å². The molecule has 11 rings (SSSR count). The SMILES string of the molecule is c1ccc(-c2ccc3c(c2-c2cc4c(cc2N(c2ccccc2)c2ccccc2)C2(c5ccccc5-c5ccccc52)c2ccccc2-4)CCCC3)cc1. The van der Waals surface area contributed by atoms with Gasteiger partial charge < -0.3 is 4.90 Å². The Balaban J connectivity index is 1.32. The molecule has 0 unspecified atom stereocenters. The van der Waals surface area contributed by atoms with E-state index >= 15 is 0 Å². The molecule has 0 aliphatic heterocycles. The number of para-hydroxylation sites is 2. The molecule has 0 atom stereocenters. The molecule has 0 saturated carbocycles. The van der Waals surface area contributed by atoms with Crippen LogP contribution in [0.25, 0.3) is 44.5 Å². The molecular weight excluding hydrogens is 651 g/mol. The molecule has 256 valence electrons. The first-order valence-electron chi connectivity index (χ1n) is 19.4. The van der Waals surface area contributed by atoms with E-state index in [-0.39, 0.29) is 0 Å². The number of benzene rings is 8. The number of aryl methyl sites for hydroxylation is 1. The van der Waals surface area contributed by atoms with Crippen LogP contribution in [0.3, 0.4) is 0 Å². The minimum absolute atomic E-state index is 0.441. The van der Waals surface area contributed by atoms with Crippen molar-refractivity contribution in [3.05, 3.63) is 221 Å². The minimum atomic E-state index is -0.441. The van der Waals surface area contributed by atoms with Gasteiger partial charge in [0.15, 0.2) is 0 Å². The highest BCUT2D eigenvalue weighted by molar-refractivity contribution is 6.02. The summed E-state index contributed by atoms with van der Waals surface area (Å²) in [5.41, 5.74) is 22.0. The molecule has 0 radical (unpaired) electrons. The Labute approximate surface area is 317 Å². The molecule has 0 aromatic heterocycles. The second-order valence-corrected chi connectivity index (χ2v) is 15.0. The van der Waals surface area contributed by atoms with E-state index in [9.17, 15) is 0 Å². The van der Waals surface area contributed by atoms with Crippen LogP contribution < -0.4 is 4.90 Å². The Morgan fingerprint density at radius 1 is 0.370 bits per heavy atom. The highest BCUT2D eigenvalue weighted by atomic mass is 15.1. The fraction of sp³-hybridized carbons (Fsp3) is 0.0943. The van der Waals surface area contributed by atoms with Crippen LogP contribution in [0.5, 0.6) is 0 Å². The Kier molecular flexibility index (Phi) is 7.10. The van der Waals surface area contributed by atoms with Gasteiger partial charge in [-0.05, 0) is 134 Å². The molecule has 0 heterocycles. The molecule has 54 heavy (non-hydrogen) atoms. The number of fused-ring (bicyclic) bond motifs is 11. The van der Waals surface area contributed by atoms with Gasteiger partial charge >= 0.3 is 0 Å². The average molecular weight is 690 g/mol. The maximum Gasteiger partial charge on any atom is 0.0726 e. The highest BCUT2D eigenvalue weighted by Gasteiger charge is 2.52. The van der Waals surface area contributed by atoms with E-state index in [1.54, 1.807) is 0 Å². The van der Waals surface area contributed by atoms with Crippen molar-refractivity contribution in [3.8, 4) is 44.5 Å². The third kappa shape index (κ3) is 4.45. The second-order valence-electron chi connectivity index (χ2n) is 15.0. The predicted octanol–water partition coefficient (Wildman–Crippen LogP) is 13.7. The summed E-state index contributed by atoms with van der Waals surface area (Å²) in [5, 5.41) is 0. The fourth-order valence-corrected chi connectivity index (χ4v) is 10.1. The normalized spacial score (nSPS) is 14.1. The maximum atomic E-state index is 2.58. The number of rotatable bonds is 5. The first-order valence-corrected chi connectivity index (χ1v) is 19.4. The highest BCUT2D eigenvalue weighted by Crippen LogP contribution is 2.64. The fourth-order valence-electron chi connectivity index (χ4n) is 10.1. The Bertz CT molecular complexity index is 2620. The van der Waals surface area contributed by atoms with Crippen molar-refractivity contribution in [3.63, 3.8) is 0 Å². The maximum absolute atomic E-state index is 2.58. The summed E-state index contributed by atoms with van der Waals surface area (Å²) in [5.74, 6) is 0. The van der Waals surface area contributed by atoms with Crippen molar-refractivity contribution in [2.75, 3.05) is 4.90 Å². The number of hydrogen-bond donors (Lipinski definition) is 0. The molecule has 0 bridgehead atoms. The largest absolute Gasteiger partial charge is 0.310 e. The lowest BCUT2D eigenvalue weighted by atomic mass is 9.70. The van der Waals surface area contributed by atoms with Crippen LogP contribution in [-0.2, 0) is 18.3 Å². The van der Waals surface area contributed by atoms with Gasteiger partial charge in [-0.3, -0.25) is 0 Å². The van der Waals surface area contributed by atoms with Crippen molar-refractivity contribution < 1.29 is 0 Å². The number of hydrogen-bond acceptors (Lipinski definition) is 1. The van der Waals surface area contributed by atoms with Crippen LogP contribution in [0.15, 0.2) is 188 Å². The molecule has 1 spiro atoms. The van der Waals surface area contributed by atoms with E-state index in [1.807, 2.05) is 0 Å². The van der Waals surface area contributed by atoms with Crippen molar-refractivity contribution in [1.29, 1.82) is 0 Å². The minimum Gasteiger partial charge on any atom is -0.310 e. The van der Waals surface area contributed by atoms with E-state index in [0.29, 0.717) is 0 Å². The molecule has 1 heteroatoms. The van der Waals surface area contributed by atoms with E-state index in [0.717, 1.165) is 24.2 Å². The van der Waals surface area contributed by atoms with Crippen LogP contribution in [0, 0.1) is 0 Å². The molecule has 8 aromatic carbocycles. The zero-order valence-electron chi connectivity index (χ0n) is 30.2. The number of nitrogens with zero attached hydrogens (tertiary/aromatic N) is 1. The van der Waals surface area contributed by atoms with Gasteiger partial charge in [-0.15, -0.1) is 0 Å². The summed E-state index contributed by atoms with van der Waals surface area (Å²) in [6.45, 7) is 0. The van der Waals surface area contributed by atoms with Gasteiger partial charge in [0.1, 0.15) is 0 Å². The lowest BCUT2D eigenvalue weighted by Gasteiger charge is -2.34. The third-order valence-electron chi connectivity index (χ3n) is 12.3. The van der Waals surface area contributed by atoms with Crippen molar-refractivity contribution >= 4 is 17.1 Å². The van der Waals surface area contributed by atoms with Gasteiger partial charge in [-0.1, -0.05) is 152 Å². The van der Waals surface area contributed by atoms with Crippen molar-refractivity contribution in [2.45, 2.75) is 31.1 Å². The van der Waals surface area contributed by atoms with E-state index in [1.165, 1.54) is 96.4 Å². The molecule has 0 amide bonds. The Morgan fingerprint density at radius 2 is 0.870 bits per heavy atom. The number of anilines is 3. The summed E-state index contributed by atoms with van der Waals surface area (Å²) in [6, 6.07) is 70.4. The van der Waals surface area contributed by atoms with Gasteiger partial charge in [0.2, 0.25) is 0 Å². The first kappa shape index (κ1) is 31.1. The smallest absolute Gasteiger partial charge is 0.0726 e. The van der Waals surface area contributed by atoms with Crippen molar-refractivity contribution in [1.82, 2.24) is 0 Å². The van der Waals surface area contributed by atoms with Crippen LogP contribution in [-0.4, -0.2) is 0 Å². The molecule has 1 nitrogen and oxygen atoms in total. The molecular formula is C53H39N. The molecule has 3 aliphatic rings. The Hall–Kier alpha value is -6.44. The molecule has 0 saturated heterocycles. The quantitative estimate of drug-likeness (QED) is 0.174. The third-order valence-corrected chi connectivity index (χ3v) is 12.3. The zero-order valence-corrected chi connectivity index (χ0v) is 30.2. The van der Waals surface area contributed by atoms with Gasteiger partial charge in [-0.2, -0.15) is 0 Å². The summed E-state index contributed by atoms with van der Waals surface area (Å²) >= 11 is 0. The standard InChI is InChI=1S/C53H39N/c1-4-18-36(19-5-1)41-33-32-37-20-10-11-25-40(37)52(41)46-34-45-44-28-14-17-31-49(44)53(47-29-15-12-26-42(47)43-27-13-16-30-48(43)53)50(45)35-51(46)54(38-21-6-2-7-22-38)39-23-8-3-9-24-39/h1-9,12-19,21-24,26-35H,10-11,20,25H2. The van der Waals surface area contributed by atoms with E-state index in [2.05, 4.69) is 193 Å². The average Bonchev–Trinajstić information content (AvgIpc) is 3.71. The van der Waals surface area contributed by atoms with Crippen molar-refractivity contribution in [2.24, 2.45) is 0 Å². The summed E-state index contributed by atoms with van der Waals surface area (Å²) in [6.07, 6.45) is 4.65. The van der Waals surface area contributed by atoms with Crippen LogP contribution in [0.2, 0.25) is 0 Å². The van der Waals surface area contributed by atoms with E-state index in [4.69, 9.17) is 0 Å². The lowest BCUT2D eigenvalue weighted by molar-refractivity contribution is 0.687. The summed E-state index contributed by atoms with van der Waals surface area (Å²) < 4.78 is 0. The lowest BCUT2D eigenvalue weighted by Crippen LogP contribution is -2.26. The zero-order chi connectivity index (χ0) is 35.6. The monoisotopic (exact) mass is 689 g/mol. The van der Waals surface area contributed by atoms with Crippen LogP contribution >= 0.6 is 0 Å². The van der Waals surface area contributed by atoms with Gasteiger partial charge in [0, 0.05) is 16.9 Å².